The minimum atomic E-state index is -1.77. The zero-order valence-electron chi connectivity index (χ0n) is 14.1. The second-order valence-corrected chi connectivity index (χ2v) is 5.91. The van der Waals surface area contributed by atoms with Crippen LogP contribution in [-0.4, -0.2) is 29.4 Å². The summed E-state index contributed by atoms with van der Waals surface area (Å²) in [5.41, 5.74) is 6.26. The number of aliphatic hydroxyl groups is 1. The Hall–Kier alpha value is -1.82. The minimum Gasteiger partial charge on any atom is -0.465 e. The van der Waals surface area contributed by atoms with Gasteiger partial charge in [-0.1, -0.05) is 26.8 Å². The van der Waals surface area contributed by atoms with Gasteiger partial charge in [0, 0.05) is 24.5 Å². The molecule has 0 aromatic carbocycles. The predicted molar refractivity (Wildman–Crippen MR) is 85.9 cm³/mol. The van der Waals surface area contributed by atoms with Crippen molar-refractivity contribution < 1.29 is 24.2 Å². The van der Waals surface area contributed by atoms with Gasteiger partial charge in [0.1, 0.15) is 0 Å². The third kappa shape index (κ3) is 5.71. The van der Waals surface area contributed by atoms with Gasteiger partial charge in [0.15, 0.2) is 0 Å². The van der Waals surface area contributed by atoms with E-state index in [9.17, 15) is 14.7 Å². The molecule has 6 heteroatoms. The van der Waals surface area contributed by atoms with Crippen molar-refractivity contribution in [2.24, 2.45) is 17.6 Å². The molecule has 130 valence electrons. The molecule has 0 heterocycles. The van der Waals surface area contributed by atoms with Gasteiger partial charge in [-0.25, -0.2) is 0 Å². The molecule has 1 aliphatic rings. The first-order valence-electron chi connectivity index (χ1n) is 8.08. The smallest absolute Gasteiger partial charge is 0.308 e. The third-order valence-electron chi connectivity index (χ3n) is 3.67. The van der Waals surface area contributed by atoms with Crippen molar-refractivity contribution in [1.82, 2.24) is 0 Å². The summed E-state index contributed by atoms with van der Waals surface area (Å²) < 4.78 is 10.4. The molecule has 0 amide bonds. The molecule has 1 rings (SSSR count). The van der Waals surface area contributed by atoms with Crippen LogP contribution in [-0.2, 0) is 19.1 Å². The molecule has 23 heavy (non-hydrogen) atoms. The van der Waals surface area contributed by atoms with Crippen LogP contribution in [0.25, 0.3) is 0 Å². The Morgan fingerprint density at radius 3 is 2.52 bits per heavy atom. The zero-order valence-corrected chi connectivity index (χ0v) is 14.1. The highest BCUT2D eigenvalue weighted by Gasteiger charge is 2.42. The van der Waals surface area contributed by atoms with Gasteiger partial charge in [-0.05, 0) is 25.0 Å². The highest BCUT2D eigenvalue weighted by atomic mass is 16.7. The highest BCUT2D eigenvalue weighted by molar-refractivity contribution is 5.70. The highest BCUT2D eigenvalue weighted by Crippen LogP contribution is 2.34. The van der Waals surface area contributed by atoms with Crippen molar-refractivity contribution in [2.45, 2.75) is 52.2 Å². The molecule has 0 saturated heterocycles. The quantitative estimate of drug-likeness (QED) is 0.523. The van der Waals surface area contributed by atoms with Gasteiger partial charge in [-0.3, -0.25) is 9.59 Å². The predicted octanol–water partition coefficient (Wildman–Crippen LogP) is 2.03. The number of nitrogens with two attached hydrogens (primary N) is 1. The zero-order chi connectivity index (χ0) is 17.5. The Balaban J connectivity index is 2.79. The summed E-state index contributed by atoms with van der Waals surface area (Å²) >= 11 is 0. The number of rotatable bonds is 8. The van der Waals surface area contributed by atoms with Gasteiger partial charge in [-0.2, -0.15) is 0 Å². The van der Waals surface area contributed by atoms with E-state index in [0.717, 1.165) is 0 Å². The molecule has 0 saturated carbocycles. The average molecular weight is 325 g/mol. The Morgan fingerprint density at radius 1 is 1.30 bits per heavy atom. The standard InChI is InChI=1S/C17H27NO5/c1-4-6-15(19)22-11-12(3)14-10-13(18)8-9-17(14,21)23-16(20)7-5-2/h8-10,12,14,21H,4-7,11,18H2,1-3H3. The van der Waals surface area contributed by atoms with E-state index in [1.165, 1.54) is 12.2 Å². The van der Waals surface area contributed by atoms with Crippen molar-refractivity contribution in [3.63, 3.8) is 0 Å². The molecule has 6 nitrogen and oxygen atoms in total. The molecule has 1 aliphatic carbocycles. The number of ether oxygens (including phenoxy) is 2. The van der Waals surface area contributed by atoms with E-state index in [1.54, 1.807) is 6.08 Å². The lowest BCUT2D eigenvalue weighted by atomic mass is 9.82. The van der Waals surface area contributed by atoms with E-state index in [0.29, 0.717) is 25.0 Å². The lowest BCUT2D eigenvalue weighted by Gasteiger charge is -2.36. The minimum absolute atomic E-state index is 0.120. The first-order chi connectivity index (χ1) is 10.8. The fraction of sp³-hybridized carbons (Fsp3) is 0.647. The van der Waals surface area contributed by atoms with E-state index in [-0.39, 0.29) is 24.9 Å². The summed E-state index contributed by atoms with van der Waals surface area (Å²) in [5, 5.41) is 10.7. The van der Waals surface area contributed by atoms with Crippen LogP contribution in [0.4, 0.5) is 0 Å². The Bertz CT molecular complexity index is 485. The maximum absolute atomic E-state index is 11.8. The molecule has 0 aromatic rings. The van der Waals surface area contributed by atoms with Gasteiger partial charge in [0.25, 0.3) is 0 Å². The first-order valence-corrected chi connectivity index (χ1v) is 8.08. The normalized spacial score (nSPS) is 24.7. The average Bonchev–Trinajstić information content (AvgIpc) is 2.48. The molecule has 0 aliphatic heterocycles. The summed E-state index contributed by atoms with van der Waals surface area (Å²) in [4.78, 5) is 23.3. The summed E-state index contributed by atoms with van der Waals surface area (Å²) in [5.74, 6) is -3.38. The Morgan fingerprint density at radius 2 is 1.91 bits per heavy atom. The summed E-state index contributed by atoms with van der Waals surface area (Å²) in [7, 11) is 0. The van der Waals surface area contributed by atoms with E-state index >= 15 is 0 Å². The van der Waals surface area contributed by atoms with Crippen molar-refractivity contribution in [1.29, 1.82) is 0 Å². The van der Waals surface area contributed by atoms with Crippen LogP contribution in [0.2, 0.25) is 0 Å². The van der Waals surface area contributed by atoms with Crippen LogP contribution in [0.5, 0.6) is 0 Å². The van der Waals surface area contributed by atoms with Crippen LogP contribution in [0, 0.1) is 11.8 Å². The first kappa shape index (κ1) is 19.2. The Labute approximate surface area is 137 Å². The molecule has 0 aromatic heterocycles. The molecule has 3 atom stereocenters. The van der Waals surface area contributed by atoms with Gasteiger partial charge in [-0.15, -0.1) is 0 Å². The van der Waals surface area contributed by atoms with Gasteiger partial charge in [0.05, 0.1) is 12.5 Å². The summed E-state index contributed by atoms with van der Waals surface area (Å²) in [6.45, 7) is 5.68. The van der Waals surface area contributed by atoms with Crippen molar-refractivity contribution in [2.75, 3.05) is 6.61 Å². The maximum atomic E-state index is 11.8. The number of hydrogen-bond donors (Lipinski definition) is 2. The largest absolute Gasteiger partial charge is 0.465 e. The Kier molecular flexibility index (Phi) is 7.29. The van der Waals surface area contributed by atoms with Crippen LogP contribution in [0.3, 0.4) is 0 Å². The van der Waals surface area contributed by atoms with E-state index in [4.69, 9.17) is 15.2 Å². The van der Waals surface area contributed by atoms with Gasteiger partial charge >= 0.3 is 11.9 Å². The van der Waals surface area contributed by atoms with Crippen LogP contribution in [0.1, 0.15) is 46.5 Å². The van der Waals surface area contributed by atoms with Gasteiger partial charge < -0.3 is 20.3 Å². The van der Waals surface area contributed by atoms with E-state index in [1.807, 2.05) is 20.8 Å². The lowest BCUT2D eigenvalue weighted by molar-refractivity contribution is -0.210. The molecule has 3 N–H and O–H groups in total. The topological polar surface area (TPSA) is 98.8 Å². The second-order valence-electron chi connectivity index (χ2n) is 5.91. The molecular formula is C17H27NO5. The maximum Gasteiger partial charge on any atom is 0.308 e. The molecule has 0 radical (unpaired) electrons. The van der Waals surface area contributed by atoms with E-state index in [2.05, 4.69) is 0 Å². The third-order valence-corrected chi connectivity index (χ3v) is 3.67. The van der Waals surface area contributed by atoms with Crippen LogP contribution >= 0.6 is 0 Å². The fourth-order valence-electron chi connectivity index (χ4n) is 2.42. The summed E-state index contributed by atoms with van der Waals surface area (Å²) in [6.07, 6.45) is 6.44. The molecule has 0 fully saturated rings. The number of hydrogen-bond acceptors (Lipinski definition) is 6. The van der Waals surface area contributed by atoms with E-state index < -0.39 is 17.7 Å². The molecule has 3 unspecified atom stereocenters. The monoisotopic (exact) mass is 325 g/mol. The molecule has 0 spiro atoms. The second kappa shape index (κ2) is 8.72. The van der Waals surface area contributed by atoms with Crippen molar-refractivity contribution >= 4 is 11.9 Å². The number of esters is 2. The lowest BCUT2D eigenvalue weighted by Crippen LogP contribution is -2.45. The SMILES string of the molecule is CCCC(=O)OCC(C)C1C=C(N)C=CC1(O)OC(=O)CCC. The fourth-order valence-corrected chi connectivity index (χ4v) is 2.42. The number of carbonyl (C=O) groups excluding carboxylic acids is 2. The van der Waals surface area contributed by atoms with Crippen molar-refractivity contribution in [3.05, 3.63) is 23.9 Å². The molecular weight excluding hydrogens is 298 g/mol. The number of carbonyl (C=O) groups is 2. The summed E-state index contributed by atoms with van der Waals surface area (Å²) in [6, 6.07) is 0. The van der Waals surface area contributed by atoms with Gasteiger partial charge in [0.2, 0.25) is 5.79 Å². The van der Waals surface area contributed by atoms with Crippen LogP contribution in [0.15, 0.2) is 23.9 Å². The number of allylic oxidation sites excluding steroid dienone is 1. The van der Waals surface area contributed by atoms with Crippen molar-refractivity contribution in [3.8, 4) is 0 Å². The van der Waals surface area contributed by atoms with Crippen LogP contribution < -0.4 is 5.73 Å². The molecule has 0 bridgehead atoms.